The van der Waals surface area contributed by atoms with Gasteiger partial charge >= 0.3 is 0 Å². The lowest BCUT2D eigenvalue weighted by Crippen LogP contribution is -2.51. The number of amides is 3. The van der Waals surface area contributed by atoms with Crippen molar-refractivity contribution >= 4 is 45.8 Å². The number of hydrogen-bond donors (Lipinski definition) is 1. The molecule has 0 saturated carbocycles. The maximum Gasteiger partial charge on any atom is 0.259 e. The van der Waals surface area contributed by atoms with Crippen molar-refractivity contribution in [3.05, 3.63) is 76.8 Å². The van der Waals surface area contributed by atoms with Crippen molar-refractivity contribution in [2.75, 3.05) is 11.4 Å². The molecule has 33 heavy (non-hydrogen) atoms. The Bertz CT molecular complexity index is 1240. The van der Waals surface area contributed by atoms with Crippen molar-refractivity contribution in [1.29, 1.82) is 0 Å². The highest BCUT2D eigenvalue weighted by atomic mass is 35.5. The van der Waals surface area contributed by atoms with Crippen molar-refractivity contribution in [2.45, 2.75) is 39.4 Å². The quantitative estimate of drug-likeness (QED) is 0.564. The predicted molar refractivity (Wildman–Crippen MR) is 130 cm³/mol. The lowest BCUT2D eigenvalue weighted by atomic mass is 10.1. The smallest absolute Gasteiger partial charge is 0.259 e. The van der Waals surface area contributed by atoms with Crippen molar-refractivity contribution in [1.82, 2.24) is 10.2 Å². The third kappa shape index (κ3) is 4.57. The van der Waals surface area contributed by atoms with Crippen LogP contribution in [0.25, 0.3) is 10.8 Å². The summed E-state index contributed by atoms with van der Waals surface area (Å²) in [7, 11) is 0. The van der Waals surface area contributed by atoms with Crippen LogP contribution in [0.15, 0.2) is 60.7 Å². The molecular weight excluding hydrogens is 438 g/mol. The van der Waals surface area contributed by atoms with E-state index in [-0.39, 0.29) is 36.9 Å². The molecular formula is C26H26ClN3O3. The predicted octanol–water partition coefficient (Wildman–Crippen LogP) is 4.40. The molecule has 0 aromatic heterocycles. The minimum Gasteiger partial charge on any atom is -0.352 e. The van der Waals surface area contributed by atoms with E-state index >= 15 is 0 Å². The minimum absolute atomic E-state index is 0.0599. The number of halogens is 1. The second kappa shape index (κ2) is 9.24. The van der Waals surface area contributed by atoms with Crippen molar-refractivity contribution < 1.29 is 14.4 Å². The monoisotopic (exact) mass is 463 g/mol. The molecule has 1 aliphatic rings. The number of carbonyl (C=O) groups is 3. The second-order valence-electron chi connectivity index (χ2n) is 8.56. The van der Waals surface area contributed by atoms with Gasteiger partial charge in [0.15, 0.2) is 0 Å². The first-order valence-electron chi connectivity index (χ1n) is 10.9. The van der Waals surface area contributed by atoms with Crippen LogP contribution in [-0.2, 0) is 16.1 Å². The zero-order chi connectivity index (χ0) is 23.7. The number of nitrogens with one attached hydrogen (secondary N) is 1. The van der Waals surface area contributed by atoms with Crippen LogP contribution in [0.3, 0.4) is 0 Å². The molecule has 0 saturated heterocycles. The zero-order valence-electron chi connectivity index (χ0n) is 18.8. The Morgan fingerprint density at radius 3 is 2.42 bits per heavy atom. The van der Waals surface area contributed by atoms with E-state index in [0.717, 1.165) is 16.3 Å². The van der Waals surface area contributed by atoms with E-state index in [1.807, 2.05) is 50.2 Å². The molecule has 1 atom stereocenters. The van der Waals surface area contributed by atoms with E-state index < -0.39 is 6.04 Å². The van der Waals surface area contributed by atoms with Crippen LogP contribution in [-0.4, -0.2) is 41.2 Å². The Hall–Kier alpha value is -3.38. The number of hydrogen-bond acceptors (Lipinski definition) is 3. The summed E-state index contributed by atoms with van der Waals surface area (Å²) in [6, 6.07) is 17.6. The van der Waals surface area contributed by atoms with E-state index in [9.17, 15) is 14.4 Å². The normalized spacial score (nSPS) is 13.5. The summed E-state index contributed by atoms with van der Waals surface area (Å²) in [6.45, 7) is 5.47. The Balaban J connectivity index is 1.63. The summed E-state index contributed by atoms with van der Waals surface area (Å²) in [5.74, 6) is -0.782. The molecule has 3 aromatic carbocycles. The van der Waals surface area contributed by atoms with Crippen molar-refractivity contribution in [2.24, 2.45) is 0 Å². The van der Waals surface area contributed by atoms with Gasteiger partial charge in [0.2, 0.25) is 11.8 Å². The maximum atomic E-state index is 13.6. The van der Waals surface area contributed by atoms with Gasteiger partial charge in [-0.2, -0.15) is 0 Å². The van der Waals surface area contributed by atoms with Gasteiger partial charge in [0.05, 0.1) is 5.69 Å². The molecule has 3 aromatic rings. The van der Waals surface area contributed by atoms with E-state index in [4.69, 9.17) is 11.6 Å². The molecule has 6 nitrogen and oxygen atoms in total. The number of anilines is 1. The van der Waals surface area contributed by atoms with Gasteiger partial charge in [0.25, 0.3) is 5.91 Å². The van der Waals surface area contributed by atoms with Gasteiger partial charge < -0.3 is 10.2 Å². The van der Waals surface area contributed by atoms with Gasteiger partial charge in [-0.25, -0.2) is 0 Å². The first kappa shape index (κ1) is 22.8. The molecule has 1 heterocycles. The topological polar surface area (TPSA) is 69.7 Å². The van der Waals surface area contributed by atoms with Crippen LogP contribution in [0, 0.1) is 0 Å². The Kier molecular flexibility index (Phi) is 6.38. The third-order valence-corrected chi connectivity index (χ3v) is 6.02. The Morgan fingerprint density at radius 2 is 1.73 bits per heavy atom. The van der Waals surface area contributed by atoms with Crippen molar-refractivity contribution in [3.8, 4) is 0 Å². The summed E-state index contributed by atoms with van der Waals surface area (Å²) in [5.41, 5.74) is 2.10. The molecule has 1 unspecified atom stereocenters. The average molecular weight is 464 g/mol. The van der Waals surface area contributed by atoms with Crippen LogP contribution < -0.4 is 10.2 Å². The van der Waals surface area contributed by atoms with E-state index in [1.54, 1.807) is 31.2 Å². The molecule has 3 amide bonds. The van der Waals surface area contributed by atoms with E-state index in [1.165, 1.54) is 9.80 Å². The fourth-order valence-electron chi connectivity index (χ4n) is 4.18. The Morgan fingerprint density at radius 1 is 1.03 bits per heavy atom. The molecule has 7 heteroatoms. The van der Waals surface area contributed by atoms with Gasteiger partial charge in [-0.1, -0.05) is 48.0 Å². The van der Waals surface area contributed by atoms with Crippen LogP contribution in [0.4, 0.5) is 5.69 Å². The standard InChI is InChI=1S/C26H26ClN3O3/c1-16(2)28-25(32)17(3)29(14-18-7-4-10-20(27)13-18)23(31)15-30-22-12-6-9-19-8-5-11-21(24(19)22)26(30)33/h4-13,16-17H,14-15H2,1-3H3,(H,28,32). The van der Waals surface area contributed by atoms with E-state index in [2.05, 4.69) is 5.32 Å². The highest BCUT2D eigenvalue weighted by molar-refractivity contribution is 6.30. The summed E-state index contributed by atoms with van der Waals surface area (Å²) in [4.78, 5) is 42.5. The molecule has 170 valence electrons. The SMILES string of the molecule is CC(C)NC(=O)C(C)N(Cc1cccc(Cl)c1)C(=O)CN1C(=O)c2cccc3cccc1c23. The third-order valence-electron chi connectivity index (χ3n) is 5.78. The average Bonchev–Trinajstić information content (AvgIpc) is 3.04. The lowest BCUT2D eigenvalue weighted by Gasteiger charge is -2.31. The summed E-state index contributed by atoms with van der Waals surface area (Å²) >= 11 is 6.14. The molecule has 4 rings (SSSR count). The summed E-state index contributed by atoms with van der Waals surface area (Å²) in [5, 5.41) is 5.22. The van der Waals surface area contributed by atoms with Crippen LogP contribution in [0.2, 0.25) is 5.02 Å². The lowest BCUT2D eigenvalue weighted by molar-refractivity contribution is -0.139. The van der Waals surface area contributed by atoms with E-state index in [0.29, 0.717) is 16.3 Å². The zero-order valence-corrected chi connectivity index (χ0v) is 19.6. The molecule has 0 radical (unpaired) electrons. The molecule has 0 spiro atoms. The van der Waals surface area contributed by atoms with Gasteiger partial charge in [0, 0.05) is 28.6 Å². The largest absolute Gasteiger partial charge is 0.352 e. The molecule has 0 aliphatic carbocycles. The summed E-state index contributed by atoms with van der Waals surface area (Å²) < 4.78 is 0. The summed E-state index contributed by atoms with van der Waals surface area (Å²) in [6.07, 6.45) is 0. The van der Waals surface area contributed by atoms with Crippen molar-refractivity contribution in [3.63, 3.8) is 0 Å². The fraction of sp³-hybridized carbons (Fsp3) is 0.269. The number of rotatable bonds is 7. The molecule has 0 fully saturated rings. The van der Waals surface area contributed by atoms with Crippen LogP contribution in [0.5, 0.6) is 0 Å². The highest BCUT2D eigenvalue weighted by Gasteiger charge is 2.34. The highest BCUT2D eigenvalue weighted by Crippen LogP contribution is 2.37. The van der Waals surface area contributed by atoms with Crippen LogP contribution in [0.1, 0.15) is 36.7 Å². The molecule has 1 N–H and O–H groups in total. The first-order chi connectivity index (χ1) is 15.8. The molecule has 0 bridgehead atoms. The Labute approximate surface area is 198 Å². The van der Waals surface area contributed by atoms with Gasteiger partial charge in [-0.15, -0.1) is 0 Å². The van der Waals surface area contributed by atoms with Gasteiger partial charge in [-0.05, 0) is 56.0 Å². The van der Waals surface area contributed by atoms with Gasteiger partial charge in [0.1, 0.15) is 12.6 Å². The van der Waals surface area contributed by atoms with Gasteiger partial charge in [-0.3, -0.25) is 19.3 Å². The van der Waals surface area contributed by atoms with Crippen LogP contribution >= 0.6 is 11.6 Å². The maximum absolute atomic E-state index is 13.6. The molecule has 1 aliphatic heterocycles. The number of benzene rings is 3. The second-order valence-corrected chi connectivity index (χ2v) is 9.00. The number of nitrogens with zero attached hydrogens (tertiary/aromatic N) is 2. The minimum atomic E-state index is -0.727. The number of carbonyl (C=O) groups excluding carboxylic acids is 3. The first-order valence-corrected chi connectivity index (χ1v) is 11.3. The fourth-order valence-corrected chi connectivity index (χ4v) is 4.39.